The fourth-order valence-corrected chi connectivity index (χ4v) is 3.48. The minimum absolute atomic E-state index is 0. The van der Waals surface area contributed by atoms with Crippen LogP contribution in [-0.2, 0) is 9.84 Å². The number of alkyl halides is 2. The summed E-state index contributed by atoms with van der Waals surface area (Å²) in [5.41, 5.74) is 0. The Morgan fingerprint density at radius 1 is 1.50 bits per heavy atom. The highest BCUT2D eigenvalue weighted by Gasteiger charge is 2.32. The summed E-state index contributed by atoms with van der Waals surface area (Å²) in [5, 5.41) is 4.15. The van der Waals surface area contributed by atoms with Gasteiger partial charge >= 0.3 is 5.76 Å². The third-order valence-corrected chi connectivity index (χ3v) is 4.86. The summed E-state index contributed by atoms with van der Waals surface area (Å²) in [7, 11) is -1.56. The van der Waals surface area contributed by atoms with Crippen LogP contribution in [0.1, 0.15) is 9.67 Å². The average molecular weight is 349 g/mol. The molecular formula is C10H15ClF2N2O3S2. The first-order chi connectivity index (χ1) is 8.82. The van der Waals surface area contributed by atoms with Crippen molar-refractivity contribution in [2.75, 3.05) is 27.2 Å². The van der Waals surface area contributed by atoms with Crippen LogP contribution in [0.4, 0.5) is 8.78 Å². The number of thiophene rings is 1. The summed E-state index contributed by atoms with van der Waals surface area (Å²) in [6, 6.07) is 1.03. The maximum Gasteiger partial charge on any atom is 0.341 e. The molecule has 0 saturated heterocycles. The number of nitrogens with zero attached hydrogens (tertiary/aromatic N) is 1. The number of halogens is 3. The topological polar surface area (TPSA) is 66.5 Å². The van der Waals surface area contributed by atoms with Crippen LogP contribution < -0.4 is 5.32 Å². The maximum absolute atomic E-state index is 12.5. The molecule has 0 radical (unpaired) electrons. The molecule has 0 atom stereocenters. The van der Waals surface area contributed by atoms with Gasteiger partial charge in [-0.15, -0.1) is 23.7 Å². The molecule has 0 aliphatic rings. The molecule has 0 aromatic carbocycles. The maximum atomic E-state index is 12.5. The fourth-order valence-electron chi connectivity index (χ4n) is 1.33. The minimum Gasteiger partial charge on any atom is -0.340 e. The molecule has 0 spiro atoms. The van der Waals surface area contributed by atoms with Crippen LogP contribution in [0, 0.1) is 0 Å². The standard InChI is InChI=1S/C10H14F2N2O3S2.ClH/c1-13-4-5-14(2)9(15)8-7(3-6-18-8)19(16,17)10(11)12;/h3,6,10,13H,4-5H2,1-2H3;1H. The number of rotatable bonds is 6. The molecule has 1 aromatic rings. The Morgan fingerprint density at radius 3 is 2.60 bits per heavy atom. The largest absolute Gasteiger partial charge is 0.341 e. The molecule has 1 amide bonds. The number of nitrogens with one attached hydrogen (secondary N) is 1. The van der Waals surface area contributed by atoms with Gasteiger partial charge in [0.05, 0.1) is 4.90 Å². The molecule has 0 aliphatic heterocycles. The lowest BCUT2D eigenvalue weighted by molar-refractivity contribution is 0.0798. The molecule has 0 bridgehead atoms. The predicted octanol–water partition coefficient (Wildman–Crippen LogP) is 1.46. The summed E-state index contributed by atoms with van der Waals surface area (Å²) in [5.74, 6) is -4.11. The number of likely N-dealkylation sites (N-methyl/N-ethyl adjacent to an activating group) is 2. The summed E-state index contributed by atoms with van der Waals surface area (Å²) >= 11 is 0.840. The van der Waals surface area contributed by atoms with Crippen LogP contribution >= 0.6 is 23.7 Å². The Hall–Kier alpha value is -0.770. The van der Waals surface area contributed by atoms with Gasteiger partial charge in [-0.2, -0.15) is 8.78 Å². The molecule has 1 aromatic heterocycles. The molecule has 116 valence electrons. The van der Waals surface area contributed by atoms with E-state index in [1.807, 2.05) is 0 Å². The Balaban J connectivity index is 0.00000361. The van der Waals surface area contributed by atoms with Gasteiger partial charge in [-0.05, 0) is 18.5 Å². The number of carbonyl (C=O) groups is 1. The highest BCUT2D eigenvalue weighted by atomic mass is 35.5. The number of hydrogen-bond donors (Lipinski definition) is 1. The molecule has 1 N–H and O–H groups in total. The number of hydrogen-bond acceptors (Lipinski definition) is 5. The van der Waals surface area contributed by atoms with Crippen molar-refractivity contribution in [3.8, 4) is 0 Å². The zero-order valence-corrected chi connectivity index (χ0v) is 13.2. The molecule has 0 fully saturated rings. The van der Waals surface area contributed by atoms with Crippen molar-refractivity contribution < 1.29 is 22.0 Å². The highest BCUT2D eigenvalue weighted by molar-refractivity contribution is 7.92. The van der Waals surface area contributed by atoms with E-state index in [9.17, 15) is 22.0 Å². The molecule has 0 unspecified atom stereocenters. The smallest absolute Gasteiger partial charge is 0.340 e. The second-order valence-corrected chi connectivity index (χ2v) is 6.55. The summed E-state index contributed by atoms with van der Waals surface area (Å²) in [6.45, 7) is 0.867. The van der Waals surface area contributed by atoms with E-state index in [4.69, 9.17) is 0 Å². The molecule has 1 heterocycles. The molecular weight excluding hydrogens is 334 g/mol. The Bertz CT molecular complexity index is 548. The van der Waals surface area contributed by atoms with Gasteiger partial charge in [-0.25, -0.2) is 8.42 Å². The van der Waals surface area contributed by atoms with E-state index in [-0.39, 0.29) is 17.3 Å². The van der Waals surface area contributed by atoms with E-state index in [0.717, 1.165) is 17.4 Å². The highest BCUT2D eigenvalue weighted by Crippen LogP contribution is 2.27. The van der Waals surface area contributed by atoms with Crippen LogP contribution in [0.25, 0.3) is 0 Å². The van der Waals surface area contributed by atoms with Crippen molar-refractivity contribution >= 4 is 39.5 Å². The molecule has 5 nitrogen and oxygen atoms in total. The lowest BCUT2D eigenvalue weighted by atomic mass is 10.4. The normalized spacial score (nSPS) is 11.2. The lowest BCUT2D eigenvalue weighted by Crippen LogP contribution is -2.33. The van der Waals surface area contributed by atoms with Crippen molar-refractivity contribution in [1.82, 2.24) is 10.2 Å². The van der Waals surface area contributed by atoms with Crippen LogP contribution in [-0.4, -0.2) is 52.2 Å². The summed E-state index contributed by atoms with van der Waals surface area (Å²) in [4.78, 5) is 12.5. The van der Waals surface area contributed by atoms with Gasteiger partial charge in [0.2, 0.25) is 9.84 Å². The van der Waals surface area contributed by atoms with Crippen molar-refractivity contribution in [2.24, 2.45) is 0 Å². The molecule has 20 heavy (non-hydrogen) atoms. The van der Waals surface area contributed by atoms with Gasteiger partial charge in [0.1, 0.15) is 4.88 Å². The number of carbonyl (C=O) groups excluding carboxylic acids is 1. The SMILES string of the molecule is CNCCN(C)C(=O)c1sccc1S(=O)(=O)C(F)F.Cl. The second-order valence-electron chi connectivity index (χ2n) is 3.75. The van der Waals surface area contributed by atoms with E-state index in [0.29, 0.717) is 13.1 Å². The Kier molecular flexibility index (Phi) is 7.56. The van der Waals surface area contributed by atoms with E-state index < -0.39 is 26.4 Å². The molecule has 0 saturated carbocycles. The van der Waals surface area contributed by atoms with Gasteiger partial charge in [0.25, 0.3) is 5.91 Å². The van der Waals surface area contributed by atoms with E-state index in [2.05, 4.69) is 5.32 Å². The zero-order chi connectivity index (χ0) is 14.6. The average Bonchev–Trinajstić information content (AvgIpc) is 2.84. The second kappa shape index (κ2) is 7.87. The number of sulfone groups is 1. The third-order valence-electron chi connectivity index (χ3n) is 2.41. The van der Waals surface area contributed by atoms with Crippen molar-refractivity contribution in [3.05, 3.63) is 16.3 Å². The van der Waals surface area contributed by atoms with Gasteiger partial charge in [-0.3, -0.25) is 4.79 Å². The van der Waals surface area contributed by atoms with Crippen molar-refractivity contribution in [1.29, 1.82) is 0 Å². The predicted molar refractivity (Wildman–Crippen MR) is 75.6 cm³/mol. The van der Waals surface area contributed by atoms with Gasteiger partial charge < -0.3 is 10.2 Å². The van der Waals surface area contributed by atoms with Crippen molar-refractivity contribution in [2.45, 2.75) is 10.7 Å². The van der Waals surface area contributed by atoms with Gasteiger partial charge in [0, 0.05) is 20.1 Å². The quantitative estimate of drug-likeness (QED) is 0.845. The van der Waals surface area contributed by atoms with E-state index >= 15 is 0 Å². The minimum atomic E-state index is -4.75. The van der Waals surface area contributed by atoms with Crippen LogP contribution in [0.5, 0.6) is 0 Å². The van der Waals surface area contributed by atoms with Crippen LogP contribution in [0.3, 0.4) is 0 Å². The molecule has 10 heteroatoms. The molecule has 0 aliphatic carbocycles. The monoisotopic (exact) mass is 348 g/mol. The van der Waals surface area contributed by atoms with E-state index in [1.165, 1.54) is 17.3 Å². The van der Waals surface area contributed by atoms with Crippen LogP contribution in [0.15, 0.2) is 16.3 Å². The first-order valence-electron chi connectivity index (χ1n) is 5.32. The van der Waals surface area contributed by atoms with Crippen LogP contribution in [0.2, 0.25) is 0 Å². The zero-order valence-electron chi connectivity index (χ0n) is 10.8. The lowest BCUT2D eigenvalue weighted by Gasteiger charge is -2.16. The summed E-state index contributed by atoms with van der Waals surface area (Å²) < 4.78 is 47.9. The number of amides is 1. The fraction of sp³-hybridized carbons (Fsp3) is 0.500. The first kappa shape index (κ1) is 19.2. The third kappa shape index (κ3) is 4.11. The molecule has 1 rings (SSSR count). The Morgan fingerprint density at radius 2 is 2.10 bits per heavy atom. The van der Waals surface area contributed by atoms with Crippen molar-refractivity contribution in [3.63, 3.8) is 0 Å². The first-order valence-corrected chi connectivity index (χ1v) is 7.74. The summed E-state index contributed by atoms with van der Waals surface area (Å²) in [6.07, 6.45) is 0. The van der Waals surface area contributed by atoms with Gasteiger partial charge in [-0.1, -0.05) is 0 Å². The van der Waals surface area contributed by atoms with Gasteiger partial charge in [0.15, 0.2) is 0 Å². The van der Waals surface area contributed by atoms with E-state index in [1.54, 1.807) is 7.05 Å². The Labute approximate surface area is 126 Å².